The lowest BCUT2D eigenvalue weighted by Crippen LogP contribution is -2.38. The highest BCUT2D eigenvalue weighted by Crippen LogP contribution is 2.30. The van der Waals surface area contributed by atoms with Crippen LogP contribution in [0.3, 0.4) is 0 Å². The molecule has 0 radical (unpaired) electrons. The number of benzene rings is 1. The number of aliphatic hydroxyl groups excluding tert-OH is 1. The molecule has 0 bridgehead atoms. The van der Waals surface area contributed by atoms with Gasteiger partial charge < -0.3 is 5.11 Å². The summed E-state index contributed by atoms with van der Waals surface area (Å²) in [5.74, 6) is -0.863. The first-order chi connectivity index (χ1) is 10.4. The van der Waals surface area contributed by atoms with Crippen LogP contribution in [0.25, 0.3) is 0 Å². The molecule has 5 nitrogen and oxygen atoms in total. The van der Waals surface area contributed by atoms with Gasteiger partial charge in [0.25, 0.3) is 0 Å². The van der Waals surface area contributed by atoms with E-state index < -0.39 is 21.4 Å². The minimum Gasteiger partial charge on any atom is -0.396 e. The third-order valence-corrected chi connectivity index (χ3v) is 5.60. The first-order valence-electron chi connectivity index (χ1n) is 7.15. The van der Waals surface area contributed by atoms with Crippen molar-refractivity contribution < 1.29 is 17.9 Å². The Morgan fingerprint density at radius 1 is 1.36 bits per heavy atom. The highest BCUT2D eigenvalue weighted by atomic mass is 32.2. The number of hydrogen-bond acceptors (Lipinski definition) is 4. The van der Waals surface area contributed by atoms with E-state index in [2.05, 4.69) is 4.72 Å². The summed E-state index contributed by atoms with van der Waals surface area (Å²) in [6.07, 6.45) is 1.86. The lowest BCUT2D eigenvalue weighted by molar-refractivity contribution is 0.170. The van der Waals surface area contributed by atoms with Crippen LogP contribution in [-0.2, 0) is 10.0 Å². The van der Waals surface area contributed by atoms with Gasteiger partial charge in [-0.2, -0.15) is 5.26 Å². The second-order valence-corrected chi connectivity index (χ2v) is 6.97. The van der Waals surface area contributed by atoms with Crippen molar-refractivity contribution in [2.75, 3.05) is 13.2 Å². The van der Waals surface area contributed by atoms with Gasteiger partial charge in [-0.05, 0) is 36.8 Å². The maximum atomic E-state index is 13.6. The van der Waals surface area contributed by atoms with Gasteiger partial charge in [-0.15, -0.1) is 0 Å². The lowest BCUT2D eigenvalue weighted by atomic mass is 9.80. The summed E-state index contributed by atoms with van der Waals surface area (Å²) >= 11 is 0. The molecular weight excluding hydrogens is 307 g/mol. The van der Waals surface area contributed by atoms with Crippen molar-refractivity contribution in [3.8, 4) is 6.07 Å². The standard InChI is InChI=1S/C15H21FN2O3S/c1-3-15(4-2,8-9-19)11-18-22(20,21)14-7-5-6-13(16)12(14)10-17/h5-7,18-19H,3-4,8-9,11H2,1-2H3. The van der Waals surface area contributed by atoms with E-state index in [1.807, 2.05) is 13.8 Å². The molecule has 0 aliphatic carbocycles. The van der Waals surface area contributed by atoms with Crippen LogP contribution in [0.2, 0.25) is 0 Å². The van der Waals surface area contributed by atoms with E-state index in [-0.39, 0.29) is 23.5 Å². The van der Waals surface area contributed by atoms with E-state index in [9.17, 15) is 12.8 Å². The Labute approximate surface area is 130 Å². The minimum absolute atomic E-state index is 0.0349. The molecule has 0 saturated heterocycles. The van der Waals surface area contributed by atoms with Crippen molar-refractivity contribution >= 4 is 10.0 Å². The molecule has 0 aliphatic heterocycles. The summed E-state index contributed by atoms with van der Waals surface area (Å²) in [6.45, 7) is 3.95. The molecule has 7 heteroatoms. The van der Waals surface area contributed by atoms with Crippen molar-refractivity contribution in [1.82, 2.24) is 4.72 Å². The molecule has 1 rings (SSSR count). The van der Waals surface area contributed by atoms with Gasteiger partial charge in [-0.1, -0.05) is 19.9 Å². The molecular formula is C15H21FN2O3S. The monoisotopic (exact) mass is 328 g/mol. The Hall–Kier alpha value is -1.49. The van der Waals surface area contributed by atoms with Crippen LogP contribution < -0.4 is 4.72 Å². The molecule has 0 unspecified atom stereocenters. The van der Waals surface area contributed by atoms with Gasteiger partial charge in [-0.25, -0.2) is 17.5 Å². The zero-order valence-electron chi connectivity index (χ0n) is 12.8. The van der Waals surface area contributed by atoms with Crippen molar-refractivity contribution in [1.29, 1.82) is 5.26 Å². The SMILES string of the molecule is CCC(CC)(CCO)CNS(=O)(=O)c1cccc(F)c1C#N. The van der Waals surface area contributed by atoms with Crippen LogP contribution in [0.15, 0.2) is 23.1 Å². The molecule has 0 spiro atoms. The maximum absolute atomic E-state index is 13.6. The molecule has 0 atom stereocenters. The van der Waals surface area contributed by atoms with Crippen molar-refractivity contribution in [2.45, 2.75) is 38.0 Å². The Morgan fingerprint density at radius 3 is 2.50 bits per heavy atom. The summed E-state index contributed by atoms with van der Waals surface area (Å²) in [4.78, 5) is -0.361. The predicted octanol–water partition coefficient (Wildman–Crippen LogP) is 2.16. The zero-order chi connectivity index (χ0) is 16.8. The van der Waals surface area contributed by atoms with Gasteiger partial charge in [0.2, 0.25) is 10.0 Å². The van der Waals surface area contributed by atoms with Crippen LogP contribution in [0.1, 0.15) is 38.7 Å². The largest absolute Gasteiger partial charge is 0.396 e. The molecule has 1 aromatic rings. The van der Waals surface area contributed by atoms with Gasteiger partial charge >= 0.3 is 0 Å². The summed E-state index contributed by atoms with van der Waals surface area (Å²) in [5, 5.41) is 18.1. The normalized spacial score (nSPS) is 12.1. The topological polar surface area (TPSA) is 90.2 Å². The smallest absolute Gasteiger partial charge is 0.242 e. The molecule has 0 heterocycles. The fourth-order valence-corrected chi connectivity index (χ4v) is 3.66. The zero-order valence-corrected chi connectivity index (χ0v) is 13.6. The first kappa shape index (κ1) is 18.6. The third kappa shape index (κ3) is 4.03. The summed E-state index contributed by atoms with van der Waals surface area (Å²) in [6, 6.07) is 5.09. The fourth-order valence-electron chi connectivity index (χ4n) is 2.34. The Balaban J connectivity index is 3.07. The quantitative estimate of drug-likeness (QED) is 0.765. The molecule has 0 fully saturated rings. The Bertz CT molecular complexity index is 649. The second-order valence-electron chi connectivity index (χ2n) is 5.23. The number of nitriles is 1. The second kappa shape index (κ2) is 7.68. The third-order valence-electron chi connectivity index (χ3n) is 4.16. The molecule has 0 aliphatic rings. The van der Waals surface area contributed by atoms with Gasteiger partial charge in [-0.3, -0.25) is 0 Å². The molecule has 0 amide bonds. The van der Waals surface area contributed by atoms with Crippen LogP contribution in [-0.4, -0.2) is 26.7 Å². The fraction of sp³-hybridized carbons (Fsp3) is 0.533. The highest BCUT2D eigenvalue weighted by molar-refractivity contribution is 7.89. The van der Waals surface area contributed by atoms with Gasteiger partial charge in [0, 0.05) is 13.2 Å². The molecule has 22 heavy (non-hydrogen) atoms. The maximum Gasteiger partial charge on any atom is 0.242 e. The molecule has 0 saturated carbocycles. The number of nitrogens with zero attached hydrogens (tertiary/aromatic N) is 1. The Kier molecular flexibility index (Phi) is 6.48. The molecule has 0 aromatic heterocycles. The van der Waals surface area contributed by atoms with E-state index in [0.29, 0.717) is 19.3 Å². The van der Waals surface area contributed by atoms with Crippen LogP contribution in [0, 0.1) is 22.6 Å². The van der Waals surface area contributed by atoms with E-state index >= 15 is 0 Å². The van der Waals surface area contributed by atoms with Crippen molar-refractivity contribution in [2.24, 2.45) is 5.41 Å². The van der Waals surface area contributed by atoms with Gasteiger partial charge in [0.1, 0.15) is 22.3 Å². The molecule has 122 valence electrons. The number of nitrogens with one attached hydrogen (secondary N) is 1. The minimum atomic E-state index is -3.99. The average molecular weight is 328 g/mol. The van der Waals surface area contributed by atoms with Crippen LogP contribution in [0.5, 0.6) is 0 Å². The Morgan fingerprint density at radius 2 is 2.00 bits per heavy atom. The van der Waals surface area contributed by atoms with Crippen molar-refractivity contribution in [3.05, 3.63) is 29.6 Å². The number of sulfonamides is 1. The summed E-state index contributed by atoms with van der Waals surface area (Å²) < 4.78 is 40.7. The number of hydrogen-bond donors (Lipinski definition) is 2. The highest BCUT2D eigenvalue weighted by Gasteiger charge is 2.29. The number of rotatable bonds is 8. The van der Waals surface area contributed by atoms with E-state index in [4.69, 9.17) is 10.4 Å². The van der Waals surface area contributed by atoms with E-state index in [0.717, 1.165) is 6.07 Å². The van der Waals surface area contributed by atoms with Crippen LogP contribution >= 0.6 is 0 Å². The predicted molar refractivity (Wildman–Crippen MR) is 81.0 cm³/mol. The summed E-state index contributed by atoms with van der Waals surface area (Å²) in [5.41, 5.74) is -0.849. The lowest BCUT2D eigenvalue weighted by Gasteiger charge is -2.31. The van der Waals surface area contributed by atoms with E-state index in [1.54, 1.807) is 6.07 Å². The van der Waals surface area contributed by atoms with E-state index in [1.165, 1.54) is 12.1 Å². The number of halogens is 1. The average Bonchev–Trinajstić information content (AvgIpc) is 2.51. The van der Waals surface area contributed by atoms with Crippen molar-refractivity contribution in [3.63, 3.8) is 0 Å². The first-order valence-corrected chi connectivity index (χ1v) is 8.63. The number of aliphatic hydroxyl groups is 1. The summed E-state index contributed by atoms with van der Waals surface area (Å²) in [7, 11) is -3.99. The molecule has 1 aromatic carbocycles. The van der Waals surface area contributed by atoms with Crippen LogP contribution in [0.4, 0.5) is 4.39 Å². The van der Waals surface area contributed by atoms with Gasteiger partial charge in [0.05, 0.1) is 0 Å². The van der Waals surface area contributed by atoms with Gasteiger partial charge in [0.15, 0.2) is 0 Å². The molecule has 2 N–H and O–H groups in total.